The van der Waals surface area contributed by atoms with Gasteiger partial charge in [-0.25, -0.2) is 4.79 Å². The van der Waals surface area contributed by atoms with Gasteiger partial charge in [-0.2, -0.15) is 0 Å². The van der Waals surface area contributed by atoms with Gasteiger partial charge < -0.3 is 14.6 Å². The van der Waals surface area contributed by atoms with Crippen LogP contribution in [0, 0.1) is 0 Å². The summed E-state index contributed by atoms with van der Waals surface area (Å²) < 4.78 is 10.4. The molecule has 1 aliphatic heterocycles. The van der Waals surface area contributed by atoms with Crippen molar-refractivity contribution in [2.24, 2.45) is 4.99 Å². The van der Waals surface area contributed by atoms with Gasteiger partial charge in [0, 0.05) is 17.4 Å². The molecule has 1 aromatic rings. The Kier molecular flexibility index (Phi) is 3.76. The molecule has 1 heterocycles. The predicted octanol–water partition coefficient (Wildman–Crippen LogP) is 1.65. The molecular weight excluding hydrogens is 254 g/mol. The van der Waals surface area contributed by atoms with Gasteiger partial charge in [0.2, 0.25) is 0 Å². The summed E-state index contributed by atoms with van der Waals surface area (Å²) in [6.45, 7) is 0. The third-order valence-electron chi connectivity index (χ3n) is 2.58. The molecule has 2 rings (SSSR count). The molecule has 0 bridgehead atoms. The lowest BCUT2D eigenvalue weighted by Crippen LogP contribution is -2.17. The molecule has 1 unspecified atom stereocenters. The maximum Gasteiger partial charge on any atom is 0.329 e. The average molecular weight is 267 g/mol. The number of benzene rings is 1. The number of hydrogen-bond acceptors (Lipinski definition) is 5. The highest BCUT2D eigenvalue weighted by Crippen LogP contribution is 2.31. The van der Waals surface area contributed by atoms with Gasteiger partial charge in [0.05, 0.1) is 14.2 Å². The second-order valence-electron chi connectivity index (χ2n) is 3.67. The standard InChI is InChI=1S/C12H13NO4S/c1-16-7-3-4-8(10(5-7)17-2)11-13-9(6-18-11)12(14)15/h3-5,9H,6H2,1-2H3,(H,14,15). The first kappa shape index (κ1) is 12.8. The van der Waals surface area contributed by atoms with E-state index >= 15 is 0 Å². The van der Waals surface area contributed by atoms with Crippen LogP contribution >= 0.6 is 11.8 Å². The Morgan fingerprint density at radius 3 is 2.78 bits per heavy atom. The Hall–Kier alpha value is -1.69. The van der Waals surface area contributed by atoms with Crippen LogP contribution in [0.3, 0.4) is 0 Å². The van der Waals surface area contributed by atoms with E-state index in [9.17, 15) is 4.79 Å². The van der Waals surface area contributed by atoms with Gasteiger partial charge in [-0.1, -0.05) is 0 Å². The molecule has 6 heteroatoms. The molecule has 1 N–H and O–H groups in total. The van der Waals surface area contributed by atoms with E-state index in [0.29, 0.717) is 22.3 Å². The molecule has 18 heavy (non-hydrogen) atoms. The van der Waals surface area contributed by atoms with Gasteiger partial charge >= 0.3 is 5.97 Å². The van der Waals surface area contributed by atoms with Crippen LogP contribution in [0.4, 0.5) is 0 Å². The summed E-state index contributed by atoms with van der Waals surface area (Å²) in [6, 6.07) is 4.71. The van der Waals surface area contributed by atoms with Crippen LogP contribution in [0.1, 0.15) is 5.56 Å². The van der Waals surface area contributed by atoms with E-state index in [4.69, 9.17) is 14.6 Å². The fraction of sp³-hybridized carbons (Fsp3) is 0.333. The third-order valence-corrected chi connectivity index (χ3v) is 3.66. The summed E-state index contributed by atoms with van der Waals surface area (Å²) in [7, 11) is 3.14. The minimum absolute atomic E-state index is 0.458. The molecule has 0 saturated carbocycles. The van der Waals surface area contributed by atoms with Crippen molar-refractivity contribution in [1.29, 1.82) is 0 Å². The summed E-state index contributed by atoms with van der Waals surface area (Å²) in [4.78, 5) is 15.0. The number of carbonyl (C=O) groups is 1. The van der Waals surface area contributed by atoms with E-state index in [1.54, 1.807) is 26.4 Å². The van der Waals surface area contributed by atoms with Crippen molar-refractivity contribution in [3.63, 3.8) is 0 Å². The lowest BCUT2D eigenvalue weighted by atomic mass is 10.2. The molecule has 0 aromatic heterocycles. The van der Waals surface area contributed by atoms with Crippen molar-refractivity contribution >= 4 is 22.8 Å². The van der Waals surface area contributed by atoms with Gasteiger partial charge in [-0.3, -0.25) is 4.99 Å². The normalized spacial score (nSPS) is 18.3. The number of rotatable bonds is 4. The van der Waals surface area contributed by atoms with E-state index in [0.717, 1.165) is 5.56 Å². The topological polar surface area (TPSA) is 68.1 Å². The highest BCUT2D eigenvalue weighted by molar-refractivity contribution is 8.14. The SMILES string of the molecule is COc1ccc(C2=NC(C(=O)O)CS2)c(OC)c1. The molecule has 0 spiro atoms. The molecule has 0 saturated heterocycles. The predicted molar refractivity (Wildman–Crippen MR) is 70.0 cm³/mol. The number of nitrogens with zero attached hydrogens (tertiary/aromatic N) is 1. The van der Waals surface area contributed by atoms with Crippen molar-refractivity contribution in [2.75, 3.05) is 20.0 Å². The fourth-order valence-electron chi connectivity index (χ4n) is 1.62. The van der Waals surface area contributed by atoms with E-state index in [-0.39, 0.29) is 0 Å². The molecule has 0 aliphatic carbocycles. The second-order valence-corrected chi connectivity index (χ2v) is 4.67. The van der Waals surface area contributed by atoms with E-state index in [1.165, 1.54) is 11.8 Å². The fourth-order valence-corrected chi connectivity index (χ4v) is 2.68. The average Bonchev–Trinajstić information content (AvgIpc) is 2.87. The van der Waals surface area contributed by atoms with Crippen LogP contribution in [0.5, 0.6) is 11.5 Å². The smallest absolute Gasteiger partial charge is 0.329 e. The quantitative estimate of drug-likeness (QED) is 0.898. The van der Waals surface area contributed by atoms with Gasteiger partial charge in [-0.05, 0) is 12.1 Å². The van der Waals surface area contributed by atoms with Crippen molar-refractivity contribution in [3.8, 4) is 11.5 Å². The monoisotopic (exact) mass is 267 g/mol. The van der Waals surface area contributed by atoms with Crippen LogP contribution in [0.15, 0.2) is 23.2 Å². The van der Waals surface area contributed by atoms with Crippen LogP contribution in [-0.4, -0.2) is 42.1 Å². The maximum absolute atomic E-state index is 10.9. The largest absolute Gasteiger partial charge is 0.497 e. The minimum atomic E-state index is -0.898. The van der Waals surface area contributed by atoms with E-state index < -0.39 is 12.0 Å². The maximum atomic E-state index is 10.9. The molecule has 5 nitrogen and oxygen atoms in total. The van der Waals surface area contributed by atoms with Gasteiger partial charge in [0.25, 0.3) is 0 Å². The highest BCUT2D eigenvalue weighted by Gasteiger charge is 2.26. The molecule has 0 radical (unpaired) electrons. The number of carboxylic acid groups (broad SMARTS) is 1. The number of carboxylic acids is 1. The highest BCUT2D eigenvalue weighted by atomic mass is 32.2. The van der Waals surface area contributed by atoms with Crippen LogP contribution in [-0.2, 0) is 4.79 Å². The number of methoxy groups -OCH3 is 2. The Balaban J connectivity index is 2.34. The van der Waals surface area contributed by atoms with E-state index in [1.807, 2.05) is 6.07 Å². The van der Waals surface area contributed by atoms with Crippen molar-refractivity contribution < 1.29 is 19.4 Å². The summed E-state index contributed by atoms with van der Waals surface area (Å²) in [5.74, 6) is 0.880. The number of thioether (sulfide) groups is 1. The number of aliphatic carboxylic acids is 1. The van der Waals surface area contributed by atoms with Crippen LogP contribution in [0.25, 0.3) is 0 Å². The lowest BCUT2D eigenvalue weighted by Gasteiger charge is -2.09. The molecule has 1 aromatic carbocycles. The molecule has 1 atom stereocenters. The molecular formula is C12H13NO4S. The molecule has 0 fully saturated rings. The van der Waals surface area contributed by atoms with Crippen molar-refractivity contribution in [2.45, 2.75) is 6.04 Å². The third kappa shape index (κ3) is 2.43. The Morgan fingerprint density at radius 2 is 2.22 bits per heavy atom. The van der Waals surface area contributed by atoms with Crippen LogP contribution < -0.4 is 9.47 Å². The first-order chi connectivity index (χ1) is 8.65. The lowest BCUT2D eigenvalue weighted by molar-refractivity contribution is -0.137. The second kappa shape index (κ2) is 5.30. The molecule has 0 amide bonds. The van der Waals surface area contributed by atoms with Crippen LogP contribution in [0.2, 0.25) is 0 Å². The zero-order chi connectivity index (χ0) is 13.1. The van der Waals surface area contributed by atoms with Crippen molar-refractivity contribution in [3.05, 3.63) is 23.8 Å². The Morgan fingerprint density at radius 1 is 1.44 bits per heavy atom. The van der Waals surface area contributed by atoms with Crippen molar-refractivity contribution in [1.82, 2.24) is 0 Å². The minimum Gasteiger partial charge on any atom is -0.497 e. The Labute approximate surface area is 109 Å². The number of aliphatic imine (C=N–C) groups is 1. The summed E-state index contributed by atoms with van der Waals surface area (Å²) in [5.41, 5.74) is 0.798. The zero-order valence-electron chi connectivity index (χ0n) is 10.0. The molecule has 96 valence electrons. The first-order valence-corrected chi connectivity index (χ1v) is 6.30. The number of hydrogen-bond donors (Lipinski definition) is 1. The Bertz CT molecular complexity index is 501. The number of ether oxygens (including phenoxy) is 2. The van der Waals surface area contributed by atoms with Gasteiger partial charge in [0.15, 0.2) is 6.04 Å². The summed E-state index contributed by atoms with van der Waals surface area (Å²) >= 11 is 1.42. The van der Waals surface area contributed by atoms with Gasteiger partial charge in [-0.15, -0.1) is 11.8 Å². The zero-order valence-corrected chi connectivity index (χ0v) is 10.9. The molecule has 1 aliphatic rings. The summed E-state index contributed by atoms with van der Waals surface area (Å²) in [6.07, 6.45) is 0. The summed E-state index contributed by atoms with van der Waals surface area (Å²) in [5, 5.41) is 9.61. The van der Waals surface area contributed by atoms with E-state index in [2.05, 4.69) is 4.99 Å². The van der Waals surface area contributed by atoms with Gasteiger partial charge in [0.1, 0.15) is 16.5 Å². The first-order valence-electron chi connectivity index (χ1n) is 5.31.